The summed E-state index contributed by atoms with van der Waals surface area (Å²) in [6, 6.07) is 112. The molecule has 0 aliphatic heterocycles. The van der Waals surface area contributed by atoms with E-state index in [1.54, 1.807) is 0 Å². The van der Waals surface area contributed by atoms with Gasteiger partial charge in [-0.15, -0.1) is 0 Å². The molecule has 0 fully saturated rings. The molecule has 0 heterocycles. The first kappa shape index (κ1) is 45.3. The topological polar surface area (TPSA) is 0 Å². The van der Waals surface area contributed by atoms with Crippen LogP contribution in [-0.4, -0.2) is 0 Å². The molecular weight excluding hydrogens is 937 g/mol. The van der Waals surface area contributed by atoms with E-state index in [1.165, 1.54) is 154 Å². The van der Waals surface area contributed by atoms with Crippen molar-refractivity contribution in [2.75, 3.05) is 0 Å². The summed E-state index contributed by atoms with van der Waals surface area (Å²) in [7, 11) is 0. The number of hydrogen-bond acceptors (Lipinski definition) is 0. The van der Waals surface area contributed by atoms with Crippen LogP contribution in [0.1, 0.15) is 0 Å². The summed E-state index contributed by atoms with van der Waals surface area (Å²) in [6.07, 6.45) is 0. The third-order valence-corrected chi connectivity index (χ3v) is 16.2. The Balaban J connectivity index is 0.778. The fourth-order valence-corrected chi connectivity index (χ4v) is 12.5. The van der Waals surface area contributed by atoms with E-state index < -0.39 is 0 Å². The van der Waals surface area contributed by atoms with Gasteiger partial charge in [-0.05, 0) is 178 Å². The van der Waals surface area contributed by atoms with Crippen LogP contribution in [-0.2, 0) is 0 Å². The Labute approximate surface area is 454 Å². The van der Waals surface area contributed by atoms with Gasteiger partial charge in [0.2, 0.25) is 0 Å². The summed E-state index contributed by atoms with van der Waals surface area (Å²) in [5.74, 6) is 0. The minimum absolute atomic E-state index is 1.20. The van der Waals surface area contributed by atoms with Gasteiger partial charge in [0.15, 0.2) is 0 Å². The number of hydrogen-bond donors (Lipinski definition) is 0. The quantitative estimate of drug-likeness (QED) is 0.105. The van der Waals surface area contributed by atoms with Gasteiger partial charge in [-0.1, -0.05) is 279 Å². The standard InChI is InChI=1S/C78H50/c1-3-17-51(18-4-1)59-21-15-23-63(47-59)77-69-29-11-7-25-65(69)75(66-26-8-12-30-70(66)77)57-41-33-53(34-42-57)61-45-39-55-37-38-56-40-46-62(50-74(56)73(55)49-61)54-35-43-58(44-36-54)76-67-27-9-13-31-71(67)78(72-32-14-10-28-68(72)76)64-24-16-22-60(48-64)52-19-5-2-6-20-52/h1-50H. The molecule has 0 bridgehead atoms. The summed E-state index contributed by atoms with van der Waals surface area (Å²) in [6.45, 7) is 0. The van der Waals surface area contributed by atoms with Gasteiger partial charge in [0.05, 0.1) is 0 Å². The molecule has 0 aliphatic rings. The molecule has 0 nitrogen and oxygen atoms in total. The molecule has 0 aromatic heterocycles. The van der Waals surface area contributed by atoms with Crippen LogP contribution in [0.15, 0.2) is 303 Å². The Morgan fingerprint density at radius 3 is 0.667 bits per heavy atom. The largest absolute Gasteiger partial charge is 0.0622 e. The van der Waals surface area contributed by atoms with E-state index in [1.807, 2.05) is 0 Å². The van der Waals surface area contributed by atoms with E-state index in [2.05, 4.69) is 303 Å². The summed E-state index contributed by atoms with van der Waals surface area (Å²) in [4.78, 5) is 0. The van der Waals surface area contributed by atoms with Gasteiger partial charge in [0.25, 0.3) is 0 Å². The summed E-state index contributed by atoms with van der Waals surface area (Å²) in [5, 5.41) is 15.0. The molecule has 0 unspecified atom stereocenters. The second-order valence-electron chi connectivity index (χ2n) is 20.7. The Hall–Kier alpha value is -10.1. The summed E-state index contributed by atoms with van der Waals surface area (Å²) in [5.41, 5.74) is 19.6. The Bertz CT molecular complexity index is 4370. The fraction of sp³-hybridized carbons (Fsp3) is 0. The van der Waals surface area contributed by atoms with Crippen LogP contribution in [0.2, 0.25) is 0 Å². The first-order valence-electron chi connectivity index (χ1n) is 27.1. The molecular formula is C78H50. The van der Waals surface area contributed by atoms with Crippen molar-refractivity contribution in [3.8, 4) is 89.0 Å². The Morgan fingerprint density at radius 2 is 0.333 bits per heavy atom. The summed E-state index contributed by atoms with van der Waals surface area (Å²) < 4.78 is 0. The molecule has 78 heavy (non-hydrogen) atoms. The number of rotatable bonds is 8. The highest BCUT2D eigenvalue weighted by Crippen LogP contribution is 2.47. The van der Waals surface area contributed by atoms with Crippen LogP contribution in [0.5, 0.6) is 0 Å². The van der Waals surface area contributed by atoms with Gasteiger partial charge < -0.3 is 0 Å². The van der Waals surface area contributed by atoms with Crippen LogP contribution < -0.4 is 0 Å². The normalized spacial score (nSPS) is 11.6. The average molecular weight is 987 g/mol. The lowest BCUT2D eigenvalue weighted by atomic mass is 9.85. The molecule has 0 saturated heterocycles. The second kappa shape index (κ2) is 18.9. The van der Waals surface area contributed by atoms with E-state index in [0.29, 0.717) is 0 Å². The molecule has 15 rings (SSSR count). The second-order valence-corrected chi connectivity index (χ2v) is 20.7. The van der Waals surface area contributed by atoms with Crippen molar-refractivity contribution in [3.05, 3.63) is 303 Å². The Kier molecular flexibility index (Phi) is 11.0. The zero-order valence-corrected chi connectivity index (χ0v) is 42.9. The average Bonchev–Trinajstić information content (AvgIpc) is 3.69. The highest BCUT2D eigenvalue weighted by molar-refractivity contribution is 6.23. The van der Waals surface area contributed by atoms with E-state index in [9.17, 15) is 0 Å². The predicted octanol–water partition coefficient (Wildman–Crippen LogP) is 21.9. The maximum Gasteiger partial charge on any atom is -0.00262 e. The first-order valence-corrected chi connectivity index (χ1v) is 27.1. The fourth-order valence-electron chi connectivity index (χ4n) is 12.5. The third kappa shape index (κ3) is 7.77. The SMILES string of the molecule is c1ccc(-c2cccc(-c3c4ccccc4c(-c4ccc(-c5ccc6ccc7ccc(-c8ccc(-c9c%10ccccc%10c(-c%10cccc(-c%11ccccc%11)c%10)c%10ccccc9%10)cc8)cc7c6c5)cc4)c4ccccc34)c2)cc1. The summed E-state index contributed by atoms with van der Waals surface area (Å²) >= 11 is 0. The van der Waals surface area contributed by atoms with Crippen molar-refractivity contribution >= 4 is 64.6 Å². The molecule has 0 N–H and O–H groups in total. The lowest BCUT2D eigenvalue weighted by Gasteiger charge is -2.18. The van der Waals surface area contributed by atoms with Crippen molar-refractivity contribution in [2.45, 2.75) is 0 Å². The molecule has 362 valence electrons. The van der Waals surface area contributed by atoms with Crippen LogP contribution in [0.4, 0.5) is 0 Å². The smallest absolute Gasteiger partial charge is 0.00262 e. The molecule has 0 spiro atoms. The van der Waals surface area contributed by atoms with Gasteiger partial charge in [0, 0.05) is 0 Å². The Morgan fingerprint density at radius 1 is 0.115 bits per heavy atom. The molecule has 0 heteroatoms. The third-order valence-electron chi connectivity index (χ3n) is 16.2. The first-order chi connectivity index (χ1) is 38.7. The van der Waals surface area contributed by atoms with E-state index in [-0.39, 0.29) is 0 Å². The van der Waals surface area contributed by atoms with Crippen LogP contribution in [0.3, 0.4) is 0 Å². The van der Waals surface area contributed by atoms with E-state index >= 15 is 0 Å². The molecule has 0 atom stereocenters. The van der Waals surface area contributed by atoms with Crippen molar-refractivity contribution in [1.82, 2.24) is 0 Å². The maximum absolute atomic E-state index is 2.39. The van der Waals surface area contributed by atoms with Crippen molar-refractivity contribution in [3.63, 3.8) is 0 Å². The molecule has 0 radical (unpaired) electrons. The molecule has 15 aromatic rings. The molecule has 0 amide bonds. The lowest BCUT2D eigenvalue weighted by molar-refractivity contribution is 1.61. The number of fused-ring (bicyclic) bond motifs is 7. The van der Waals surface area contributed by atoms with E-state index in [4.69, 9.17) is 0 Å². The minimum Gasteiger partial charge on any atom is -0.0622 e. The number of benzene rings is 15. The monoisotopic (exact) mass is 986 g/mol. The van der Waals surface area contributed by atoms with Gasteiger partial charge >= 0.3 is 0 Å². The highest BCUT2D eigenvalue weighted by Gasteiger charge is 2.20. The van der Waals surface area contributed by atoms with Gasteiger partial charge in [-0.2, -0.15) is 0 Å². The predicted molar refractivity (Wildman–Crippen MR) is 335 cm³/mol. The van der Waals surface area contributed by atoms with Gasteiger partial charge in [-0.25, -0.2) is 0 Å². The van der Waals surface area contributed by atoms with E-state index in [0.717, 1.165) is 0 Å². The minimum atomic E-state index is 1.20. The van der Waals surface area contributed by atoms with Crippen molar-refractivity contribution < 1.29 is 0 Å². The van der Waals surface area contributed by atoms with Crippen molar-refractivity contribution in [1.29, 1.82) is 0 Å². The van der Waals surface area contributed by atoms with Crippen LogP contribution >= 0.6 is 0 Å². The maximum atomic E-state index is 2.39. The van der Waals surface area contributed by atoms with Gasteiger partial charge in [-0.3, -0.25) is 0 Å². The molecule has 0 saturated carbocycles. The highest BCUT2D eigenvalue weighted by atomic mass is 14.2. The van der Waals surface area contributed by atoms with Crippen molar-refractivity contribution in [2.24, 2.45) is 0 Å². The van der Waals surface area contributed by atoms with Crippen LogP contribution in [0, 0.1) is 0 Å². The lowest BCUT2D eigenvalue weighted by Crippen LogP contribution is -1.91. The molecule has 0 aliphatic carbocycles. The molecule has 15 aromatic carbocycles. The zero-order valence-electron chi connectivity index (χ0n) is 42.9. The zero-order chi connectivity index (χ0) is 51.5. The van der Waals surface area contributed by atoms with Crippen LogP contribution in [0.25, 0.3) is 154 Å². The van der Waals surface area contributed by atoms with Gasteiger partial charge in [0.1, 0.15) is 0 Å².